The van der Waals surface area contributed by atoms with Crippen molar-refractivity contribution in [1.29, 1.82) is 0 Å². The van der Waals surface area contributed by atoms with Crippen molar-refractivity contribution in [2.45, 2.75) is 18.9 Å². The second-order valence-electron chi connectivity index (χ2n) is 8.32. The maximum absolute atomic E-state index is 13.1. The molecule has 5 rings (SSSR count). The van der Waals surface area contributed by atoms with E-state index in [2.05, 4.69) is 11.1 Å². The summed E-state index contributed by atoms with van der Waals surface area (Å²) in [5, 5.41) is 1.10. The SMILES string of the molecule is COc1cccc(Cc2cccc(C3CN(C(=O)Cc4c[nH]c5ccccc45)CCO3)n2)c1. The molecule has 1 unspecified atom stereocenters. The molecule has 6 heteroatoms. The van der Waals surface area contributed by atoms with Crippen molar-refractivity contribution < 1.29 is 14.3 Å². The number of H-pyrrole nitrogens is 1. The fourth-order valence-electron chi connectivity index (χ4n) is 4.37. The molecule has 4 aromatic rings. The number of carbonyl (C=O) groups is 1. The van der Waals surface area contributed by atoms with Gasteiger partial charge in [0.05, 0.1) is 32.4 Å². The van der Waals surface area contributed by atoms with Crippen molar-refractivity contribution in [3.8, 4) is 5.75 Å². The number of nitrogens with one attached hydrogen (secondary N) is 1. The van der Waals surface area contributed by atoms with Crippen LogP contribution in [0.25, 0.3) is 10.9 Å². The molecule has 0 spiro atoms. The van der Waals surface area contributed by atoms with Crippen LogP contribution in [0.1, 0.15) is 28.6 Å². The minimum Gasteiger partial charge on any atom is -0.497 e. The number of hydrogen-bond acceptors (Lipinski definition) is 4. The molecule has 0 bridgehead atoms. The van der Waals surface area contributed by atoms with E-state index in [-0.39, 0.29) is 12.0 Å². The number of methoxy groups -OCH3 is 1. The molecule has 1 saturated heterocycles. The fraction of sp³-hybridized carbons (Fsp3) is 0.259. The maximum atomic E-state index is 13.1. The molecule has 1 N–H and O–H groups in total. The minimum atomic E-state index is -0.226. The van der Waals surface area contributed by atoms with Crippen LogP contribution in [0.4, 0.5) is 0 Å². The third-order valence-corrected chi connectivity index (χ3v) is 6.11. The van der Waals surface area contributed by atoms with Gasteiger partial charge in [-0.3, -0.25) is 9.78 Å². The fourth-order valence-corrected chi connectivity index (χ4v) is 4.37. The number of amides is 1. The normalized spacial score (nSPS) is 16.2. The van der Waals surface area contributed by atoms with Crippen molar-refractivity contribution in [1.82, 2.24) is 14.9 Å². The number of fused-ring (bicyclic) bond motifs is 1. The van der Waals surface area contributed by atoms with Crippen molar-refractivity contribution >= 4 is 16.8 Å². The van der Waals surface area contributed by atoms with Gasteiger partial charge in [-0.1, -0.05) is 36.4 Å². The molecule has 3 heterocycles. The van der Waals surface area contributed by atoms with Gasteiger partial charge in [0.1, 0.15) is 11.9 Å². The van der Waals surface area contributed by atoms with Gasteiger partial charge in [-0.25, -0.2) is 0 Å². The zero-order valence-corrected chi connectivity index (χ0v) is 18.7. The molecule has 168 valence electrons. The van der Waals surface area contributed by atoms with Crippen LogP contribution >= 0.6 is 0 Å². The number of aromatic amines is 1. The number of hydrogen-bond donors (Lipinski definition) is 1. The lowest BCUT2D eigenvalue weighted by Crippen LogP contribution is -2.43. The van der Waals surface area contributed by atoms with E-state index in [0.29, 0.717) is 32.5 Å². The quantitative estimate of drug-likeness (QED) is 0.484. The van der Waals surface area contributed by atoms with Crippen LogP contribution in [0, 0.1) is 0 Å². The van der Waals surface area contributed by atoms with Gasteiger partial charge in [0.25, 0.3) is 0 Å². The van der Waals surface area contributed by atoms with Gasteiger partial charge in [0.15, 0.2) is 0 Å². The lowest BCUT2D eigenvalue weighted by atomic mass is 10.1. The number of morpholine rings is 1. The molecule has 0 aliphatic carbocycles. The van der Waals surface area contributed by atoms with Gasteiger partial charge in [0, 0.05) is 35.8 Å². The zero-order valence-electron chi connectivity index (χ0n) is 18.7. The zero-order chi connectivity index (χ0) is 22.6. The van der Waals surface area contributed by atoms with E-state index in [0.717, 1.165) is 39.2 Å². The Morgan fingerprint density at radius 2 is 2.03 bits per heavy atom. The lowest BCUT2D eigenvalue weighted by Gasteiger charge is -2.33. The third-order valence-electron chi connectivity index (χ3n) is 6.11. The van der Waals surface area contributed by atoms with Gasteiger partial charge >= 0.3 is 0 Å². The molecule has 1 aliphatic heterocycles. The summed E-state index contributed by atoms with van der Waals surface area (Å²) in [7, 11) is 1.67. The van der Waals surface area contributed by atoms with E-state index in [1.165, 1.54) is 0 Å². The Morgan fingerprint density at radius 3 is 2.94 bits per heavy atom. The molecule has 1 fully saturated rings. The van der Waals surface area contributed by atoms with Crippen LogP contribution in [0.2, 0.25) is 0 Å². The smallest absolute Gasteiger partial charge is 0.227 e. The van der Waals surface area contributed by atoms with Crippen LogP contribution in [-0.2, 0) is 22.4 Å². The highest BCUT2D eigenvalue weighted by atomic mass is 16.5. The van der Waals surface area contributed by atoms with Gasteiger partial charge in [-0.05, 0) is 41.5 Å². The Labute approximate surface area is 193 Å². The van der Waals surface area contributed by atoms with E-state index >= 15 is 0 Å². The molecular weight excluding hydrogens is 414 g/mol. The standard InChI is InChI=1S/C27H27N3O3/c1-32-22-8-4-6-19(15-22)14-21-7-5-11-25(29-21)26-18-30(12-13-33-26)27(31)16-20-17-28-24-10-3-2-9-23(20)24/h2-11,15,17,26,28H,12-14,16,18H2,1H3. The Hall–Kier alpha value is -3.64. The van der Waals surface area contributed by atoms with Crippen LogP contribution < -0.4 is 4.74 Å². The Kier molecular flexibility index (Phi) is 6.09. The first-order valence-corrected chi connectivity index (χ1v) is 11.2. The Balaban J connectivity index is 1.27. The summed E-state index contributed by atoms with van der Waals surface area (Å²) in [4.78, 5) is 23.1. The summed E-state index contributed by atoms with van der Waals surface area (Å²) >= 11 is 0. The van der Waals surface area contributed by atoms with Gasteiger partial charge < -0.3 is 19.4 Å². The number of para-hydroxylation sites is 1. The molecule has 2 aromatic carbocycles. The van der Waals surface area contributed by atoms with Crippen molar-refractivity contribution in [3.05, 3.63) is 95.4 Å². The van der Waals surface area contributed by atoms with Crippen LogP contribution in [0.15, 0.2) is 72.9 Å². The van der Waals surface area contributed by atoms with Crippen molar-refractivity contribution in [2.75, 3.05) is 26.8 Å². The number of nitrogens with zero attached hydrogens (tertiary/aromatic N) is 2. The first-order chi connectivity index (χ1) is 16.2. The summed E-state index contributed by atoms with van der Waals surface area (Å²) in [6, 6.07) is 22.1. The molecule has 1 amide bonds. The molecule has 6 nitrogen and oxygen atoms in total. The van der Waals surface area contributed by atoms with E-state index < -0.39 is 0 Å². The molecule has 2 aromatic heterocycles. The first-order valence-electron chi connectivity index (χ1n) is 11.2. The van der Waals surface area contributed by atoms with E-state index in [1.54, 1.807) is 7.11 Å². The average molecular weight is 442 g/mol. The number of pyridine rings is 1. The van der Waals surface area contributed by atoms with Crippen molar-refractivity contribution in [2.24, 2.45) is 0 Å². The highest BCUT2D eigenvalue weighted by Gasteiger charge is 2.27. The van der Waals surface area contributed by atoms with Gasteiger partial charge in [-0.15, -0.1) is 0 Å². The molecule has 1 aliphatic rings. The summed E-state index contributed by atoms with van der Waals surface area (Å²) < 4.78 is 11.3. The second kappa shape index (κ2) is 9.46. The molecule has 33 heavy (non-hydrogen) atoms. The molecular formula is C27H27N3O3. The van der Waals surface area contributed by atoms with E-state index in [9.17, 15) is 4.79 Å². The number of benzene rings is 2. The largest absolute Gasteiger partial charge is 0.497 e. The topological polar surface area (TPSA) is 67.5 Å². The number of aromatic nitrogens is 2. The lowest BCUT2D eigenvalue weighted by molar-refractivity contribution is -0.138. The number of rotatable bonds is 6. The maximum Gasteiger partial charge on any atom is 0.227 e. The van der Waals surface area contributed by atoms with Crippen molar-refractivity contribution in [3.63, 3.8) is 0 Å². The summed E-state index contributed by atoms with van der Waals surface area (Å²) in [5.41, 5.74) is 5.04. The monoisotopic (exact) mass is 441 g/mol. The summed E-state index contributed by atoms with van der Waals surface area (Å²) in [6.45, 7) is 1.62. The molecule has 0 radical (unpaired) electrons. The third kappa shape index (κ3) is 4.76. The second-order valence-corrected chi connectivity index (χ2v) is 8.32. The molecule has 1 atom stereocenters. The van der Waals surface area contributed by atoms with Gasteiger partial charge in [-0.2, -0.15) is 0 Å². The van der Waals surface area contributed by atoms with E-state index in [4.69, 9.17) is 14.5 Å². The van der Waals surface area contributed by atoms with Crippen LogP contribution in [-0.4, -0.2) is 47.6 Å². The first kappa shape index (κ1) is 21.2. The molecule has 0 saturated carbocycles. The Bertz CT molecular complexity index is 1270. The average Bonchev–Trinajstić information content (AvgIpc) is 3.27. The Morgan fingerprint density at radius 1 is 1.15 bits per heavy atom. The highest BCUT2D eigenvalue weighted by Crippen LogP contribution is 2.24. The predicted octanol–water partition coefficient (Wildman–Crippen LogP) is 4.30. The van der Waals surface area contributed by atoms with Gasteiger partial charge in [0.2, 0.25) is 5.91 Å². The van der Waals surface area contributed by atoms with Crippen LogP contribution in [0.5, 0.6) is 5.75 Å². The number of carbonyl (C=O) groups excluding carboxylic acids is 1. The summed E-state index contributed by atoms with van der Waals surface area (Å²) in [6.07, 6.45) is 2.79. The minimum absolute atomic E-state index is 0.112. The number of ether oxygens (including phenoxy) is 2. The van der Waals surface area contributed by atoms with Crippen LogP contribution in [0.3, 0.4) is 0 Å². The summed E-state index contributed by atoms with van der Waals surface area (Å²) in [5.74, 6) is 0.948. The predicted molar refractivity (Wildman–Crippen MR) is 127 cm³/mol. The van der Waals surface area contributed by atoms with E-state index in [1.807, 2.05) is 71.8 Å². The highest BCUT2D eigenvalue weighted by molar-refractivity contribution is 5.88.